The second-order valence-electron chi connectivity index (χ2n) is 2.31. The molecule has 62 valence electrons. The van der Waals surface area contributed by atoms with Crippen LogP contribution in [0.5, 0.6) is 0 Å². The fourth-order valence-electron chi connectivity index (χ4n) is 0.697. The monoisotopic (exact) mass is 162 g/mol. The van der Waals surface area contributed by atoms with Gasteiger partial charge in [-0.3, -0.25) is 0 Å². The third-order valence-electron chi connectivity index (χ3n) is 1.24. The molecule has 0 N–H and O–H groups in total. The summed E-state index contributed by atoms with van der Waals surface area (Å²) in [4.78, 5) is 0. The quantitative estimate of drug-likeness (QED) is 0.532. The van der Waals surface area contributed by atoms with E-state index in [0.717, 1.165) is 6.61 Å². The Morgan fingerprint density at radius 1 is 1.20 bits per heavy atom. The molecular formula is C8H18OS. The molecule has 0 aliphatic carbocycles. The molecule has 0 unspecified atom stereocenters. The van der Waals surface area contributed by atoms with Gasteiger partial charge in [0.1, 0.15) is 0 Å². The summed E-state index contributed by atoms with van der Waals surface area (Å²) in [5.41, 5.74) is 0. The molecule has 0 aromatic carbocycles. The molecule has 0 amide bonds. The number of unbranched alkanes of at least 4 members (excludes halogenated alkanes) is 1. The van der Waals surface area contributed by atoms with Crippen LogP contribution in [0.15, 0.2) is 0 Å². The van der Waals surface area contributed by atoms with Crippen LogP contribution in [-0.2, 0) is 4.74 Å². The largest absolute Gasteiger partial charge is 0.385 e. The average molecular weight is 162 g/mol. The number of methoxy groups -OCH3 is 1. The molecule has 0 aromatic heterocycles. The fraction of sp³-hybridized carbons (Fsp3) is 1.00. The van der Waals surface area contributed by atoms with Crippen LogP contribution in [0, 0.1) is 0 Å². The van der Waals surface area contributed by atoms with Crippen molar-refractivity contribution in [2.45, 2.75) is 26.2 Å². The highest BCUT2D eigenvalue weighted by atomic mass is 32.2. The predicted molar refractivity (Wildman–Crippen MR) is 48.7 cm³/mol. The van der Waals surface area contributed by atoms with Crippen molar-refractivity contribution in [2.75, 3.05) is 25.2 Å². The Labute approximate surface area is 68.5 Å². The van der Waals surface area contributed by atoms with E-state index >= 15 is 0 Å². The van der Waals surface area contributed by atoms with Gasteiger partial charge in [0, 0.05) is 13.7 Å². The molecule has 0 rings (SSSR count). The lowest BCUT2D eigenvalue weighted by Crippen LogP contribution is -1.90. The van der Waals surface area contributed by atoms with Crippen LogP contribution < -0.4 is 0 Å². The summed E-state index contributed by atoms with van der Waals surface area (Å²) in [5.74, 6) is 2.62. The summed E-state index contributed by atoms with van der Waals surface area (Å²) in [6.07, 6.45) is 3.82. The predicted octanol–water partition coefficient (Wildman–Crippen LogP) is 2.56. The van der Waals surface area contributed by atoms with Crippen molar-refractivity contribution in [1.82, 2.24) is 0 Å². The van der Waals surface area contributed by atoms with E-state index in [1.54, 1.807) is 7.11 Å². The molecule has 2 heteroatoms. The van der Waals surface area contributed by atoms with Crippen molar-refractivity contribution in [3.05, 3.63) is 0 Å². The minimum atomic E-state index is 0.923. The van der Waals surface area contributed by atoms with Crippen LogP contribution in [0.4, 0.5) is 0 Å². The molecule has 0 aliphatic heterocycles. The van der Waals surface area contributed by atoms with Crippen LogP contribution in [0.3, 0.4) is 0 Å². The van der Waals surface area contributed by atoms with Gasteiger partial charge in [-0.25, -0.2) is 0 Å². The number of hydrogen-bond acceptors (Lipinski definition) is 2. The number of rotatable bonds is 7. The lowest BCUT2D eigenvalue weighted by molar-refractivity contribution is 0.194. The van der Waals surface area contributed by atoms with E-state index in [1.165, 1.54) is 30.8 Å². The standard InChI is InChI=1S/C8H18OS/c1-3-7-10-8-5-4-6-9-2/h3-8H2,1-2H3. The molecule has 0 radical (unpaired) electrons. The molecule has 0 heterocycles. The van der Waals surface area contributed by atoms with Gasteiger partial charge < -0.3 is 4.74 Å². The Hall–Kier alpha value is 0.310. The highest BCUT2D eigenvalue weighted by molar-refractivity contribution is 7.99. The highest BCUT2D eigenvalue weighted by Crippen LogP contribution is 2.05. The first kappa shape index (κ1) is 10.3. The van der Waals surface area contributed by atoms with Crippen LogP contribution in [0.1, 0.15) is 26.2 Å². The van der Waals surface area contributed by atoms with E-state index in [9.17, 15) is 0 Å². The Morgan fingerprint density at radius 2 is 2.00 bits per heavy atom. The molecular weight excluding hydrogens is 144 g/mol. The Balaban J connectivity index is 2.65. The van der Waals surface area contributed by atoms with Crippen molar-refractivity contribution in [3.8, 4) is 0 Å². The van der Waals surface area contributed by atoms with Crippen molar-refractivity contribution < 1.29 is 4.74 Å². The van der Waals surface area contributed by atoms with Gasteiger partial charge in [-0.15, -0.1) is 0 Å². The van der Waals surface area contributed by atoms with Crippen molar-refractivity contribution in [1.29, 1.82) is 0 Å². The van der Waals surface area contributed by atoms with E-state index in [1.807, 2.05) is 11.8 Å². The molecule has 10 heavy (non-hydrogen) atoms. The Morgan fingerprint density at radius 3 is 2.60 bits per heavy atom. The third-order valence-corrected chi connectivity index (χ3v) is 2.51. The maximum absolute atomic E-state index is 4.94. The second-order valence-corrected chi connectivity index (χ2v) is 3.54. The molecule has 0 atom stereocenters. The lowest BCUT2D eigenvalue weighted by atomic mass is 10.4. The van der Waals surface area contributed by atoms with Crippen molar-refractivity contribution in [2.24, 2.45) is 0 Å². The van der Waals surface area contributed by atoms with Crippen molar-refractivity contribution in [3.63, 3.8) is 0 Å². The fourth-order valence-corrected chi connectivity index (χ4v) is 1.60. The first-order chi connectivity index (χ1) is 4.91. The van der Waals surface area contributed by atoms with Gasteiger partial charge in [-0.05, 0) is 30.8 Å². The normalized spacial score (nSPS) is 10.2. The minimum absolute atomic E-state index is 0.923. The molecule has 1 nitrogen and oxygen atoms in total. The lowest BCUT2D eigenvalue weighted by Gasteiger charge is -1.98. The van der Waals surface area contributed by atoms with Gasteiger partial charge in [-0.2, -0.15) is 11.8 Å². The van der Waals surface area contributed by atoms with E-state index in [0.29, 0.717) is 0 Å². The van der Waals surface area contributed by atoms with Crippen LogP contribution >= 0.6 is 11.8 Å². The number of ether oxygens (including phenoxy) is 1. The summed E-state index contributed by atoms with van der Waals surface area (Å²) in [7, 11) is 1.76. The molecule has 0 spiro atoms. The highest BCUT2D eigenvalue weighted by Gasteiger charge is 1.87. The zero-order valence-electron chi connectivity index (χ0n) is 7.06. The smallest absolute Gasteiger partial charge is 0.0462 e. The maximum Gasteiger partial charge on any atom is 0.0462 e. The zero-order chi connectivity index (χ0) is 7.66. The molecule has 0 saturated heterocycles. The van der Waals surface area contributed by atoms with Gasteiger partial charge in [0.2, 0.25) is 0 Å². The van der Waals surface area contributed by atoms with E-state index in [4.69, 9.17) is 4.74 Å². The summed E-state index contributed by atoms with van der Waals surface area (Å²) < 4.78 is 4.94. The van der Waals surface area contributed by atoms with Crippen LogP contribution in [0.25, 0.3) is 0 Å². The molecule has 0 aliphatic rings. The topological polar surface area (TPSA) is 9.23 Å². The van der Waals surface area contributed by atoms with Crippen LogP contribution in [0.2, 0.25) is 0 Å². The number of thioether (sulfide) groups is 1. The first-order valence-electron chi connectivity index (χ1n) is 3.98. The Bertz CT molecular complexity index is 49.2. The van der Waals surface area contributed by atoms with E-state index in [2.05, 4.69) is 6.92 Å². The van der Waals surface area contributed by atoms with Crippen molar-refractivity contribution >= 4 is 11.8 Å². The van der Waals surface area contributed by atoms with Gasteiger partial charge in [-0.1, -0.05) is 6.92 Å². The first-order valence-corrected chi connectivity index (χ1v) is 5.14. The minimum Gasteiger partial charge on any atom is -0.385 e. The van der Waals surface area contributed by atoms with E-state index in [-0.39, 0.29) is 0 Å². The van der Waals surface area contributed by atoms with Gasteiger partial charge in [0.25, 0.3) is 0 Å². The van der Waals surface area contributed by atoms with Gasteiger partial charge >= 0.3 is 0 Å². The summed E-state index contributed by atoms with van der Waals surface area (Å²) in [6.45, 7) is 3.15. The summed E-state index contributed by atoms with van der Waals surface area (Å²) in [6, 6.07) is 0. The zero-order valence-corrected chi connectivity index (χ0v) is 7.88. The van der Waals surface area contributed by atoms with Gasteiger partial charge in [0.05, 0.1) is 0 Å². The summed E-state index contributed by atoms with van der Waals surface area (Å²) >= 11 is 2.05. The molecule has 0 fully saturated rings. The molecule has 0 bridgehead atoms. The SMILES string of the molecule is CCCSCCCCOC. The van der Waals surface area contributed by atoms with Gasteiger partial charge in [0.15, 0.2) is 0 Å². The maximum atomic E-state index is 4.94. The Kier molecular flexibility index (Phi) is 9.60. The second kappa shape index (κ2) is 9.31. The van der Waals surface area contributed by atoms with Crippen LogP contribution in [-0.4, -0.2) is 25.2 Å². The third kappa shape index (κ3) is 8.31. The molecule has 0 aromatic rings. The van der Waals surface area contributed by atoms with E-state index < -0.39 is 0 Å². The summed E-state index contributed by atoms with van der Waals surface area (Å²) in [5, 5.41) is 0. The molecule has 0 saturated carbocycles. The average Bonchev–Trinajstić information content (AvgIpc) is 1.97. The number of hydrogen-bond donors (Lipinski definition) is 0.